The number of amides is 1. The third kappa shape index (κ3) is 17.7. The van der Waals surface area contributed by atoms with E-state index >= 15 is 0 Å². The number of hydrogen-bond donors (Lipinski definition) is 4. The van der Waals surface area contributed by atoms with E-state index in [2.05, 4.69) is 24.1 Å². The molecular formula is C37H53NO10. The van der Waals surface area contributed by atoms with E-state index in [-0.39, 0.29) is 25.4 Å². The van der Waals surface area contributed by atoms with Crippen molar-refractivity contribution in [3.8, 4) is 17.6 Å². The third-order valence-corrected chi connectivity index (χ3v) is 7.78. The van der Waals surface area contributed by atoms with Gasteiger partial charge in [0.15, 0.2) is 5.60 Å². The van der Waals surface area contributed by atoms with Gasteiger partial charge in [0.1, 0.15) is 24.7 Å². The van der Waals surface area contributed by atoms with Gasteiger partial charge in [0.05, 0.1) is 18.4 Å². The van der Waals surface area contributed by atoms with E-state index in [4.69, 9.17) is 9.47 Å². The van der Waals surface area contributed by atoms with Gasteiger partial charge in [-0.1, -0.05) is 75.7 Å². The zero-order valence-electron chi connectivity index (χ0n) is 28.6. The lowest BCUT2D eigenvalue weighted by Crippen LogP contribution is -2.55. The van der Waals surface area contributed by atoms with Crippen LogP contribution in [0.3, 0.4) is 0 Å². The van der Waals surface area contributed by atoms with Gasteiger partial charge in [-0.05, 0) is 56.7 Å². The predicted octanol–water partition coefficient (Wildman–Crippen LogP) is 5.41. The second-order valence-electron chi connectivity index (χ2n) is 11.9. The summed E-state index contributed by atoms with van der Waals surface area (Å²) in [4.78, 5) is 60.9. The molecule has 0 fully saturated rings. The molecule has 11 nitrogen and oxygen atoms in total. The van der Waals surface area contributed by atoms with Gasteiger partial charge in [0, 0.05) is 19.8 Å². The van der Waals surface area contributed by atoms with Crippen LogP contribution in [0.15, 0.2) is 36.4 Å². The highest BCUT2D eigenvalue weighted by molar-refractivity contribution is 5.93. The molecule has 48 heavy (non-hydrogen) atoms. The summed E-state index contributed by atoms with van der Waals surface area (Å²) >= 11 is 0. The van der Waals surface area contributed by atoms with E-state index in [9.17, 15) is 39.3 Å². The SMILES string of the molecule is CC#CCOc1ccc(C[C@@H](COC(C)=O)NC(=O)[C@@H](/C=C/CCCCCCC(=O)CCCCCCC)[C@@](O)(CC(=O)O)C(=O)O)cc1. The van der Waals surface area contributed by atoms with Crippen molar-refractivity contribution in [2.75, 3.05) is 13.2 Å². The average molecular weight is 672 g/mol. The van der Waals surface area contributed by atoms with Crippen molar-refractivity contribution in [2.45, 2.75) is 122 Å². The molecule has 0 unspecified atom stereocenters. The normalized spacial score (nSPS) is 13.4. The molecule has 0 aliphatic heterocycles. The first-order chi connectivity index (χ1) is 22.9. The number of carbonyl (C=O) groups excluding carboxylic acids is 3. The summed E-state index contributed by atoms with van der Waals surface area (Å²) in [5.41, 5.74) is -2.20. The van der Waals surface area contributed by atoms with Gasteiger partial charge in [-0.2, -0.15) is 0 Å². The zero-order chi connectivity index (χ0) is 35.8. The highest BCUT2D eigenvalue weighted by Gasteiger charge is 2.49. The van der Waals surface area contributed by atoms with Gasteiger partial charge in [0.25, 0.3) is 0 Å². The molecule has 0 saturated carbocycles. The van der Waals surface area contributed by atoms with Gasteiger partial charge in [-0.25, -0.2) is 4.79 Å². The molecule has 0 heterocycles. The van der Waals surface area contributed by atoms with Gasteiger partial charge >= 0.3 is 17.9 Å². The number of rotatable bonds is 26. The van der Waals surface area contributed by atoms with E-state index in [1.807, 2.05) is 0 Å². The first-order valence-electron chi connectivity index (χ1n) is 16.8. The Hall–Kier alpha value is -4.17. The van der Waals surface area contributed by atoms with E-state index in [0.29, 0.717) is 31.4 Å². The Labute approximate surface area is 284 Å². The van der Waals surface area contributed by atoms with Crippen LogP contribution in [0.2, 0.25) is 0 Å². The van der Waals surface area contributed by atoms with Crippen molar-refractivity contribution >= 4 is 29.6 Å². The number of carbonyl (C=O) groups is 5. The van der Waals surface area contributed by atoms with Crippen LogP contribution < -0.4 is 10.1 Å². The van der Waals surface area contributed by atoms with Gasteiger partial charge in [-0.3, -0.25) is 19.2 Å². The highest BCUT2D eigenvalue weighted by atomic mass is 16.5. The van der Waals surface area contributed by atoms with Crippen molar-refractivity contribution < 1.29 is 48.8 Å². The summed E-state index contributed by atoms with van der Waals surface area (Å²) in [6, 6.07) is 6.11. The van der Waals surface area contributed by atoms with Gasteiger partial charge < -0.3 is 30.1 Å². The number of unbranched alkanes of at least 4 members (excludes halogenated alkanes) is 8. The summed E-state index contributed by atoms with van der Waals surface area (Å²) in [5.74, 6) is -0.339. The third-order valence-electron chi connectivity index (χ3n) is 7.78. The fourth-order valence-electron chi connectivity index (χ4n) is 5.09. The fraction of sp³-hybridized carbons (Fsp3) is 0.595. The summed E-state index contributed by atoms with van der Waals surface area (Å²) in [7, 11) is 0. The highest BCUT2D eigenvalue weighted by Crippen LogP contribution is 2.26. The molecule has 3 atom stereocenters. The van der Waals surface area contributed by atoms with Crippen molar-refractivity contribution in [2.24, 2.45) is 5.92 Å². The molecule has 4 N–H and O–H groups in total. The van der Waals surface area contributed by atoms with Crippen molar-refractivity contribution in [1.29, 1.82) is 0 Å². The molecule has 0 aliphatic rings. The molecule has 266 valence electrons. The molecule has 1 amide bonds. The van der Waals surface area contributed by atoms with Crippen LogP contribution in [0.25, 0.3) is 0 Å². The number of nitrogens with one attached hydrogen (secondary N) is 1. The number of carboxylic acid groups (broad SMARTS) is 2. The van der Waals surface area contributed by atoms with Crippen LogP contribution >= 0.6 is 0 Å². The van der Waals surface area contributed by atoms with Crippen LogP contribution in [0, 0.1) is 17.8 Å². The smallest absolute Gasteiger partial charge is 0.337 e. The second kappa shape index (κ2) is 24.0. The Kier molecular flexibility index (Phi) is 21.0. The quantitative estimate of drug-likeness (QED) is 0.0431. The Morgan fingerprint density at radius 2 is 1.56 bits per heavy atom. The molecule has 0 radical (unpaired) electrons. The van der Waals surface area contributed by atoms with Gasteiger partial charge in [-0.15, -0.1) is 5.92 Å². The Morgan fingerprint density at radius 1 is 0.938 bits per heavy atom. The number of aliphatic hydroxyl groups is 1. The van der Waals surface area contributed by atoms with E-state index in [0.717, 1.165) is 44.1 Å². The average Bonchev–Trinajstić information content (AvgIpc) is 3.03. The number of carboxylic acids is 2. The Morgan fingerprint density at radius 3 is 2.12 bits per heavy atom. The number of allylic oxidation sites excluding steroid dienone is 1. The molecule has 0 saturated heterocycles. The standard InChI is InChI=1S/C37H53NO10/c1-4-6-8-11-14-17-31(40)18-15-12-9-10-13-16-19-33(37(46,36(44)45)26-34(41)42)35(43)38-30(27-48-28(3)39)25-29-20-22-32(23-21-29)47-24-7-5-2/h16,19-23,30,33,46H,4,6,8-15,17-18,24-27H2,1-3H3,(H,38,43)(H,41,42)(H,44,45)/b19-16+/t30-,33+,37-/m0/s1. The maximum Gasteiger partial charge on any atom is 0.337 e. The lowest BCUT2D eigenvalue weighted by atomic mass is 9.82. The summed E-state index contributed by atoms with van der Waals surface area (Å²) in [5, 5.41) is 32.9. The summed E-state index contributed by atoms with van der Waals surface area (Å²) in [6.07, 6.45) is 12.0. The molecule has 0 aromatic heterocycles. The largest absolute Gasteiger partial charge is 0.481 e. The molecule has 1 aromatic rings. The minimum Gasteiger partial charge on any atom is -0.481 e. The van der Waals surface area contributed by atoms with Crippen molar-refractivity contribution in [3.63, 3.8) is 0 Å². The number of aliphatic carboxylic acids is 2. The Bertz CT molecular complexity index is 1250. The van der Waals surface area contributed by atoms with Gasteiger partial charge in [0.2, 0.25) is 5.91 Å². The van der Waals surface area contributed by atoms with Crippen LogP contribution in [-0.4, -0.2) is 69.8 Å². The van der Waals surface area contributed by atoms with Crippen molar-refractivity contribution in [3.05, 3.63) is 42.0 Å². The number of benzene rings is 1. The number of esters is 1. The minimum atomic E-state index is -2.93. The molecule has 1 aromatic carbocycles. The topological polar surface area (TPSA) is 177 Å². The maximum atomic E-state index is 13.5. The Balaban J connectivity index is 2.91. The fourth-order valence-corrected chi connectivity index (χ4v) is 5.09. The number of Topliss-reactive ketones (excluding diaryl/α,β-unsaturated/α-hetero) is 1. The lowest BCUT2D eigenvalue weighted by Gasteiger charge is -2.30. The molecular weight excluding hydrogens is 618 g/mol. The number of ketones is 1. The first-order valence-corrected chi connectivity index (χ1v) is 16.8. The monoisotopic (exact) mass is 671 g/mol. The minimum absolute atomic E-state index is 0.177. The van der Waals surface area contributed by atoms with Crippen LogP contribution in [-0.2, 0) is 35.1 Å². The molecule has 0 spiro atoms. The molecule has 0 aliphatic carbocycles. The molecule has 0 bridgehead atoms. The van der Waals surface area contributed by atoms with Crippen LogP contribution in [0.5, 0.6) is 5.75 Å². The van der Waals surface area contributed by atoms with E-state index in [1.165, 1.54) is 25.8 Å². The summed E-state index contributed by atoms with van der Waals surface area (Å²) in [6.45, 7) is 5.04. The predicted molar refractivity (Wildman–Crippen MR) is 181 cm³/mol. The maximum absolute atomic E-state index is 13.5. The van der Waals surface area contributed by atoms with E-state index < -0.39 is 47.8 Å². The number of ether oxygens (including phenoxy) is 2. The lowest BCUT2D eigenvalue weighted by molar-refractivity contribution is -0.172. The molecule has 1 rings (SSSR count). The first kappa shape index (κ1) is 41.9. The van der Waals surface area contributed by atoms with Crippen LogP contribution in [0.1, 0.15) is 110 Å². The van der Waals surface area contributed by atoms with Crippen molar-refractivity contribution in [1.82, 2.24) is 5.32 Å². The second-order valence-corrected chi connectivity index (χ2v) is 11.9. The number of hydrogen-bond acceptors (Lipinski definition) is 8. The van der Waals surface area contributed by atoms with E-state index in [1.54, 1.807) is 37.3 Å². The molecule has 11 heteroatoms. The summed E-state index contributed by atoms with van der Waals surface area (Å²) < 4.78 is 10.6. The van der Waals surface area contributed by atoms with Crippen LogP contribution in [0.4, 0.5) is 0 Å². The zero-order valence-corrected chi connectivity index (χ0v) is 28.6.